The zero-order chi connectivity index (χ0) is 16.8. The molecule has 0 bridgehead atoms. The predicted molar refractivity (Wildman–Crippen MR) is 100 cm³/mol. The molecule has 0 atom stereocenters. The Hall–Kier alpha value is -3.18. The van der Waals surface area contributed by atoms with Gasteiger partial charge in [-0.2, -0.15) is 0 Å². The fourth-order valence-electron chi connectivity index (χ4n) is 3.34. The van der Waals surface area contributed by atoms with Crippen molar-refractivity contribution in [3.63, 3.8) is 0 Å². The Labute approximate surface area is 144 Å². The van der Waals surface area contributed by atoms with Gasteiger partial charge in [0.1, 0.15) is 5.82 Å². The summed E-state index contributed by atoms with van der Waals surface area (Å²) in [5.74, 6) is 0.914. The second kappa shape index (κ2) is 5.43. The third-order valence-electron chi connectivity index (χ3n) is 4.64. The molecule has 5 nitrogen and oxygen atoms in total. The van der Waals surface area contributed by atoms with Crippen molar-refractivity contribution in [2.24, 2.45) is 5.73 Å². The first-order chi connectivity index (χ1) is 12.3. The Morgan fingerprint density at radius 1 is 0.960 bits per heavy atom. The van der Waals surface area contributed by atoms with Gasteiger partial charge in [0.2, 0.25) is 0 Å². The summed E-state index contributed by atoms with van der Waals surface area (Å²) in [5, 5.41) is 2.42. The summed E-state index contributed by atoms with van der Waals surface area (Å²) in [5.41, 5.74) is 10.9. The molecule has 0 radical (unpaired) electrons. The van der Waals surface area contributed by atoms with Crippen molar-refractivity contribution in [2.75, 3.05) is 0 Å². The summed E-state index contributed by atoms with van der Waals surface area (Å²) in [6.45, 7) is 1.19. The van der Waals surface area contributed by atoms with Gasteiger partial charge >= 0.3 is 0 Å². The zero-order valence-electron chi connectivity index (χ0n) is 13.6. The largest absolute Gasteiger partial charge is 0.340 e. The van der Waals surface area contributed by atoms with Crippen LogP contribution in [0.25, 0.3) is 32.8 Å². The smallest absolute Gasteiger partial charge is 0.127 e. The molecule has 0 spiro atoms. The van der Waals surface area contributed by atoms with E-state index in [1.807, 2.05) is 18.5 Å². The number of rotatable bonds is 3. The van der Waals surface area contributed by atoms with E-state index in [2.05, 4.69) is 62.0 Å². The van der Waals surface area contributed by atoms with E-state index >= 15 is 0 Å². The van der Waals surface area contributed by atoms with Crippen LogP contribution in [-0.2, 0) is 13.1 Å². The van der Waals surface area contributed by atoms with E-state index in [-0.39, 0.29) is 0 Å². The monoisotopic (exact) mass is 327 g/mol. The maximum absolute atomic E-state index is 5.72. The number of hydrogen-bond acceptors (Lipinski definition) is 3. The molecule has 122 valence electrons. The van der Waals surface area contributed by atoms with Gasteiger partial charge in [0.15, 0.2) is 0 Å². The van der Waals surface area contributed by atoms with E-state index in [0.29, 0.717) is 13.1 Å². The average Bonchev–Trinajstić information content (AvgIpc) is 3.22. The lowest BCUT2D eigenvalue weighted by molar-refractivity contribution is 0.781. The quantitative estimate of drug-likeness (QED) is 0.532. The second-order valence-corrected chi connectivity index (χ2v) is 6.30. The van der Waals surface area contributed by atoms with Gasteiger partial charge in [0.25, 0.3) is 0 Å². The molecule has 3 N–H and O–H groups in total. The van der Waals surface area contributed by atoms with Crippen molar-refractivity contribution < 1.29 is 0 Å². The summed E-state index contributed by atoms with van der Waals surface area (Å²) in [7, 11) is 0. The van der Waals surface area contributed by atoms with Crippen LogP contribution in [0.3, 0.4) is 0 Å². The van der Waals surface area contributed by atoms with Gasteiger partial charge in [-0.1, -0.05) is 30.3 Å². The lowest BCUT2D eigenvalue weighted by Crippen LogP contribution is -1.99. The minimum Gasteiger partial charge on any atom is -0.340 e. The Morgan fingerprint density at radius 3 is 2.64 bits per heavy atom. The summed E-state index contributed by atoms with van der Waals surface area (Å²) >= 11 is 0. The Balaban J connectivity index is 1.58. The standard InChI is InChI=1S/C20H17N5/c21-10-13-5-6-16-17(7-13)24-20(23-16)11-25-12-22-18-8-14-3-1-2-4-15(14)9-19(18)25/h1-9,12H,10-11,21H2,(H,23,24). The first-order valence-corrected chi connectivity index (χ1v) is 8.31. The minimum atomic E-state index is 0.531. The van der Waals surface area contributed by atoms with Gasteiger partial charge in [0.05, 0.1) is 34.9 Å². The second-order valence-electron chi connectivity index (χ2n) is 6.30. The zero-order valence-corrected chi connectivity index (χ0v) is 13.6. The van der Waals surface area contributed by atoms with E-state index < -0.39 is 0 Å². The van der Waals surface area contributed by atoms with Gasteiger partial charge in [-0.25, -0.2) is 9.97 Å². The van der Waals surface area contributed by atoms with Crippen molar-refractivity contribution in [3.05, 3.63) is 72.3 Å². The van der Waals surface area contributed by atoms with Crippen LogP contribution in [0.4, 0.5) is 0 Å². The van der Waals surface area contributed by atoms with Crippen molar-refractivity contribution >= 4 is 32.8 Å². The molecule has 3 aromatic carbocycles. The summed E-state index contributed by atoms with van der Waals surface area (Å²) in [6, 6.07) is 18.8. The summed E-state index contributed by atoms with van der Waals surface area (Å²) < 4.78 is 2.13. The number of H-pyrrole nitrogens is 1. The molecule has 5 aromatic rings. The highest BCUT2D eigenvalue weighted by Crippen LogP contribution is 2.23. The number of aromatic amines is 1. The minimum absolute atomic E-state index is 0.531. The van der Waals surface area contributed by atoms with Crippen molar-refractivity contribution in [1.82, 2.24) is 19.5 Å². The third kappa shape index (κ3) is 2.37. The molecule has 0 saturated heterocycles. The molecule has 25 heavy (non-hydrogen) atoms. The van der Waals surface area contributed by atoms with E-state index in [1.54, 1.807) is 0 Å². The maximum Gasteiger partial charge on any atom is 0.127 e. The van der Waals surface area contributed by atoms with Crippen LogP contribution in [0.2, 0.25) is 0 Å². The van der Waals surface area contributed by atoms with Gasteiger partial charge < -0.3 is 15.3 Å². The van der Waals surface area contributed by atoms with E-state index in [9.17, 15) is 0 Å². The van der Waals surface area contributed by atoms with E-state index in [0.717, 1.165) is 33.5 Å². The number of benzene rings is 3. The molecular formula is C20H17N5. The van der Waals surface area contributed by atoms with Crippen LogP contribution < -0.4 is 5.73 Å². The van der Waals surface area contributed by atoms with Crippen LogP contribution in [0, 0.1) is 0 Å². The van der Waals surface area contributed by atoms with E-state index in [4.69, 9.17) is 5.73 Å². The maximum atomic E-state index is 5.72. The molecule has 0 saturated carbocycles. The van der Waals surface area contributed by atoms with E-state index in [1.165, 1.54) is 10.8 Å². The topological polar surface area (TPSA) is 72.5 Å². The SMILES string of the molecule is NCc1ccc2nc(Cn3cnc4cc5ccccc5cc43)[nH]c2c1. The van der Waals surface area contributed by atoms with Crippen LogP contribution in [0.15, 0.2) is 60.9 Å². The van der Waals surface area contributed by atoms with Crippen molar-refractivity contribution in [2.45, 2.75) is 13.1 Å². The Morgan fingerprint density at radius 2 is 1.80 bits per heavy atom. The number of nitrogens with zero attached hydrogens (tertiary/aromatic N) is 3. The normalized spacial score (nSPS) is 11.7. The number of imidazole rings is 2. The molecule has 0 aliphatic rings. The van der Waals surface area contributed by atoms with Gasteiger partial charge in [-0.15, -0.1) is 0 Å². The Kier molecular flexibility index (Phi) is 3.08. The Bertz CT molecular complexity index is 1210. The number of hydrogen-bond donors (Lipinski definition) is 2. The highest BCUT2D eigenvalue weighted by molar-refractivity contribution is 5.95. The lowest BCUT2D eigenvalue weighted by Gasteiger charge is -2.03. The summed E-state index contributed by atoms with van der Waals surface area (Å²) in [6.07, 6.45) is 1.88. The van der Waals surface area contributed by atoms with Gasteiger partial charge in [-0.05, 0) is 40.6 Å². The van der Waals surface area contributed by atoms with Gasteiger partial charge in [0, 0.05) is 6.54 Å². The van der Waals surface area contributed by atoms with Crippen LogP contribution in [-0.4, -0.2) is 19.5 Å². The molecule has 2 heterocycles. The number of nitrogens with one attached hydrogen (secondary N) is 1. The third-order valence-corrected chi connectivity index (χ3v) is 4.64. The van der Waals surface area contributed by atoms with Crippen LogP contribution >= 0.6 is 0 Å². The molecular weight excluding hydrogens is 310 g/mol. The number of aromatic nitrogens is 4. The first-order valence-electron chi connectivity index (χ1n) is 8.31. The number of nitrogens with two attached hydrogens (primary N) is 1. The summed E-state index contributed by atoms with van der Waals surface area (Å²) in [4.78, 5) is 12.6. The first kappa shape index (κ1) is 14.2. The molecule has 0 aliphatic heterocycles. The molecule has 2 aromatic heterocycles. The number of fused-ring (bicyclic) bond motifs is 3. The van der Waals surface area contributed by atoms with Crippen molar-refractivity contribution in [3.8, 4) is 0 Å². The van der Waals surface area contributed by atoms with Gasteiger partial charge in [-0.3, -0.25) is 0 Å². The highest BCUT2D eigenvalue weighted by Gasteiger charge is 2.08. The fourth-order valence-corrected chi connectivity index (χ4v) is 3.34. The fraction of sp³-hybridized carbons (Fsp3) is 0.100. The predicted octanol–water partition coefficient (Wildman–Crippen LogP) is 3.57. The highest BCUT2D eigenvalue weighted by atomic mass is 15.1. The molecule has 0 unspecified atom stereocenters. The van der Waals surface area contributed by atoms with Crippen LogP contribution in [0.1, 0.15) is 11.4 Å². The molecule has 5 rings (SSSR count). The molecule has 0 amide bonds. The molecule has 0 fully saturated rings. The molecule has 5 heteroatoms. The lowest BCUT2D eigenvalue weighted by atomic mass is 10.1. The average molecular weight is 327 g/mol. The van der Waals surface area contributed by atoms with Crippen LogP contribution in [0.5, 0.6) is 0 Å². The van der Waals surface area contributed by atoms with Crippen molar-refractivity contribution in [1.29, 1.82) is 0 Å². The molecule has 0 aliphatic carbocycles.